The van der Waals surface area contributed by atoms with Gasteiger partial charge in [0.25, 0.3) is 0 Å². The summed E-state index contributed by atoms with van der Waals surface area (Å²) in [6.07, 6.45) is 1.87. The third kappa shape index (κ3) is 7.94. The van der Waals surface area contributed by atoms with Gasteiger partial charge in [-0.1, -0.05) is 36.8 Å². The zero-order chi connectivity index (χ0) is 17.8. The molecule has 1 rings (SSSR count). The number of nitrogens with two attached hydrogens (primary N) is 2. The summed E-state index contributed by atoms with van der Waals surface area (Å²) in [6, 6.07) is 8.92. The lowest BCUT2D eigenvalue weighted by Gasteiger charge is -2.18. The topological polar surface area (TPSA) is 111 Å². The normalized spacial score (nSPS) is 11.6. The third-order valence-corrected chi connectivity index (χ3v) is 3.57. The molecule has 0 radical (unpaired) electrons. The van der Waals surface area contributed by atoms with Gasteiger partial charge in [0.1, 0.15) is 6.61 Å². The van der Waals surface area contributed by atoms with Crippen LogP contribution in [0.25, 0.3) is 0 Å². The fraction of sp³-hybridized carbons (Fsp3) is 0.529. The van der Waals surface area contributed by atoms with E-state index in [1.807, 2.05) is 30.3 Å². The van der Waals surface area contributed by atoms with E-state index in [4.69, 9.17) is 16.2 Å². The Hall–Kier alpha value is -2.12. The summed E-state index contributed by atoms with van der Waals surface area (Å²) in [6.45, 7) is 1.52. The summed E-state index contributed by atoms with van der Waals surface area (Å²) in [5.41, 5.74) is 12.1. The van der Waals surface area contributed by atoms with Crippen LogP contribution in [0.1, 0.15) is 24.8 Å². The van der Waals surface area contributed by atoms with Gasteiger partial charge in [-0.25, -0.2) is 4.79 Å². The molecule has 5 N–H and O–H groups in total. The van der Waals surface area contributed by atoms with Crippen molar-refractivity contribution >= 4 is 12.0 Å². The number of amides is 2. The van der Waals surface area contributed by atoms with E-state index >= 15 is 0 Å². The molecular formula is C17H28N4O3. The molecule has 0 fully saturated rings. The molecule has 2 amide bonds. The maximum absolute atomic E-state index is 11.9. The molecule has 0 aliphatic heterocycles. The summed E-state index contributed by atoms with van der Waals surface area (Å²) in [4.78, 5) is 25.1. The first kappa shape index (κ1) is 19.9. The average molecular weight is 336 g/mol. The zero-order valence-corrected chi connectivity index (χ0v) is 14.2. The number of unbranched alkanes of at least 4 members (excludes halogenated alkanes) is 1. The van der Waals surface area contributed by atoms with Crippen molar-refractivity contribution in [1.29, 1.82) is 0 Å². The summed E-state index contributed by atoms with van der Waals surface area (Å²) in [7, 11) is 1.63. The van der Waals surface area contributed by atoms with Crippen molar-refractivity contribution in [1.82, 2.24) is 10.2 Å². The zero-order valence-electron chi connectivity index (χ0n) is 14.2. The van der Waals surface area contributed by atoms with E-state index in [2.05, 4.69) is 5.32 Å². The van der Waals surface area contributed by atoms with Gasteiger partial charge in [-0.2, -0.15) is 0 Å². The predicted molar refractivity (Wildman–Crippen MR) is 93.1 cm³/mol. The molecule has 1 atom stereocenters. The summed E-state index contributed by atoms with van der Waals surface area (Å²) < 4.78 is 5.20. The first-order valence-corrected chi connectivity index (χ1v) is 8.19. The molecule has 0 saturated heterocycles. The van der Waals surface area contributed by atoms with Gasteiger partial charge in [0.05, 0.1) is 6.04 Å². The Morgan fingerprint density at radius 1 is 1.25 bits per heavy atom. The average Bonchev–Trinajstić information content (AvgIpc) is 2.60. The smallest absolute Gasteiger partial charge is 0.409 e. The Bertz CT molecular complexity index is 496. The Labute approximate surface area is 143 Å². The van der Waals surface area contributed by atoms with Crippen molar-refractivity contribution in [2.24, 2.45) is 11.5 Å². The second-order valence-corrected chi connectivity index (χ2v) is 5.64. The van der Waals surface area contributed by atoms with Crippen LogP contribution in [0, 0.1) is 0 Å². The third-order valence-electron chi connectivity index (χ3n) is 3.57. The summed E-state index contributed by atoms with van der Waals surface area (Å²) in [5, 5.41) is 2.72. The van der Waals surface area contributed by atoms with Gasteiger partial charge in [0.2, 0.25) is 5.91 Å². The van der Waals surface area contributed by atoms with Crippen molar-refractivity contribution in [2.75, 3.05) is 26.7 Å². The summed E-state index contributed by atoms with van der Waals surface area (Å²) >= 11 is 0. The van der Waals surface area contributed by atoms with Crippen LogP contribution in [-0.4, -0.2) is 49.6 Å². The van der Waals surface area contributed by atoms with Gasteiger partial charge in [-0.15, -0.1) is 0 Å². The maximum Gasteiger partial charge on any atom is 0.409 e. The number of carbonyl (C=O) groups excluding carboxylic acids is 2. The van der Waals surface area contributed by atoms with Gasteiger partial charge in [0.15, 0.2) is 0 Å². The highest BCUT2D eigenvalue weighted by Crippen LogP contribution is 2.02. The van der Waals surface area contributed by atoms with Crippen LogP contribution in [0.5, 0.6) is 0 Å². The Balaban J connectivity index is 2.19. The minimum Gasteiger partial charge on any atom is -0.445 e. The van der Waals surface area contributed by atoms with Crippen LogP contribution in [0.4, 0.5) is 4.79 Å². The second kappa shape index (κ2) is 11.4. The number of hydrogen-bond acceptors (Lipinski definition) is 5. The highest BCUT2D eigenvalue weighted by atomic mass is 16.6. The molecule has 24 heavy (non-hydrogen) atoms. The van der Waals surface area contributed by atoms with Crippen LogP contribution < -0.4 is 16.8 Å². The number of nitrogens with one attached hydrogen (secondary N) is 1. The van der Waals surface area contributed by atoms with E-state index in [0.717, 1.165) is 18.4 Å². The van der Waals surface area contributed by atoms with Gasteiger partial charge >= 0.3 is 6.09 Å². The molecule has 0 bridgehead atoms. The number of ether oxygens (including phenoxy) is 1. The second-order valence-electron chi connectivity index (χ2n) is 5.64. The van der Waals surface area contributed by atoms with E-state index in [9.17, 15) is 9.59 Å². The van der Waals surface area contributed by atoms with E-state index in [0.29, 0.717) is 26.1 Å². The maximum atomic E-state index is 11.9. The van der Waals surface area contributed by atoms with Gasteiger partial charge in [0, 0.05) is 20.1 Å². The van der Waals surface area contributed by atoms with Crippen LogP contribution in [0.3, 0.4) is 0 Å². The Morgan fingerprint density at radius 3 is 2.62 bits per heavy atom. The molecule has 1 aromatic rings. The lowest BCUT2D eigenvalue weighted by molar-refractivity contribution is -0.122. The molecule has 1 aromatic carbocycles. The van der Waals surface area contributed by atoms with E-state index < -0.39 is 12.1 Å². The number of hydrogen-bond donors (Lipinski definition) is 3. The number of rotatable bonds is 10. The van der Waals surface area contributed by atoms with Crippen molar-refractivity contribution in [3.8, 4) is 0 Å². The molecule has 0 aromatic heterocycles. The summed E-state index contributed by atoms with van der Waals surface area (Å²) in [5.74, 6) is -0.210. The minimum absolute atomic E-state index is 0.210. The number of nitrogens with zero attached hydrogens (tertiary/aromatic N) is 1. The van der Waals surface area contributed by atoms with Crippen molar-refractivity contribution in [3.05, 3.63) is 35.9 Å². The van der Waals surface area contributed by atoms with Crippen LogP contribution in [0.2, 0.25) is 0 Å². The van der Waals surface area contributed by atoms with Crippen LogP contribution in [-0.2, 0) is 16.1 Å². The standard InChI is InChI=1S/C17H28N4O3/c1-21(17(23)24-13-14-7-3-2-4-8-14)12-11-20-16(22)15(19)9-5-6-10-18/h2-4,7-8,15H,5-6,9-13,18-19H2,1H3,(H,20,22)/t15-/m0/s1. The number of carbonyl (C=O) groups is 2. The molecule has 0 saturated carbocycles. The van der Waals surface area contributed by atoms with E-state index in [-0.39, 0.29) is 12.5 Å². The lowest BCUT2D eigenvalue weighted by Crippen LogP contribution is -2.44. The van der Waals surface area contributed by atoms with Crippen molar-refractivity contribution in [3.63, 3.8) is 0 Å². The fourth-order valence-corrected chi connectivity index (χ4v) is 2.04. The highest BCUT2D eigenvalue weighted by Gasteiger charge is 2.14. The van der Waals surface area contributed by atoms with Crippen LogP contribution in [0.15, 0.2) is 30.3 Å². The quantitative estimate of drug-likeness (QED) is 0.548. The number of benzene rings is 1. The lowest BCUT2D eigenvalue weighted by atomic mass is 10.1. The first-order chi connectivity index (χ1) is 11.5. The highest BCUT2D eigenvalue weighted by molar-refractivity contribution is 5.81. The van der Waals surface area contributed by atoms with Crippen molar-refractivity contribution < 1.29 is 14.3 Å². The SMILES string of the molecule is CN(CCNC(=O)[C@@H](N)CCCCN)C(=O)OCc1ccccc1. The predicted octanol–water partition coefficient (Wildman–Crippen LogP) is 0.828. The minimum atomic E-state index is -0.535. The molecule has 0 spiro atoms. The molecule has 0 aliphatic carbocycles. The molecule has 134 valence electrons. The van der Waals surface area contributed by atoms with Gasteiger partial charge in [-0.05, 0) is 24.9 Å². The fourth-order valence-electron chi connectivity index (χ4n) is 2.04. The van der Waals surface area contributed by atoms with E-state index in [1.165, 1.54) is 4.90 Å². The monoisotopic (exact) mass is 336 g/mol. The molecule has 7 nitrogen and oxygen atoms in total. The van der Waals surface area contributed by atoms with Crippen molar-refractivity contribution in [2.45, 2.75) is 31.9 Å². The molecular weight excluding hydrogens is 308 g/mol. The molecule has 0 heterocycles. The van der Waals surface area contributed by atoms with Crippen LogP contribution >= 0.6 is 0 Å². The van der Waals surface area contributed by atoms with Gasteiger partial charge < -0.3 is 26.4 Å². The molecule has 0 aliphatic rings. The molecule has 7 heteroatoms. The van der Waals surface area contributed by atoms with Gasteiger partial charge in [-0.3, -0.25) is 4.79 Å². The number of likely N-dealkylation sites (N-methyl/N-ethyl adjacent to an activating group) is 1. The molecule has 0 unspecified atom stereocenters. The first-order valence-electron chi connectivity index (χ1n) is 8.19. The largest absolute Gasteiger partial charge is 0.445 e. The Kier molecular flexibility index (Phi) is 9.48. The Morgan fingerprint density at radius 2 is 1.96 bits per heavy atom. The van der Waals surface area contributed by atoms with E-state index in [1.54, 1.807) is 7.05 Å².